The predicted octanol–water partition coefficient (Wildman–Crippen LogP) is 3.31. The number of carbonyl (C=O) groups is 1. The van der Waals surface area contributed by atoms with Gasteiger partial charge in [0.2, 0.25) is 5.91 Å². The minimum absolute atomic E-state index is 0.0926. The van der Waals surface area contributed by atoms with Gasteiger partial charge in [0, 0.05) is 5.71 Å². The molecule has 4 heteroatoms. The minimum Gasteiger partial charge on any atom is -0.497 e. The summed E-state index contributed by atoms with van der Waals surface area (Å²) in [5, 5.41) is 4.12. The summed E-state index contributed by atoms with van der Waals surface area (Å²) in [5.41, 5.74) is 4.52. The molecule has 0 aliphatic rings. The molecule has 1 N–H and O–H groups in total. The average molecular weight is 276 g/mol. The quantitative estimate of drug-likeness (QED) is 0.450. The summed E-state index contributed by atoms with van der Waals surface area (Å²) in [6.45, 7) is 4.12. The van der Waals surface area contributed by atoms with Crippen molar-refractivity contribution in [2.75, 3.05) is 7.11 Å². The van der Waals surface area contributed by atoms with Crippen LogP contribution in [0.1, 0.15) is 45.1 Å². The van der Waals surface area contributed by atoms with Crippen LogP contribution in [0.25, 0.3) is 0 Å². The highest BCUT2D eigenvalue weighted by Gasteiger charge is 2.03. The smallest absolute Gasteiger partial charge is 0.244 e. The molecular formula is C16H24N2O2. The zero-order valence-electron chi connectivity index (χ0n) is 12.6. The van der Waals surface area contributed by atoms with Crippen molar-refractivity contribution in [1.82, 2.24) is 5.43 Å². The number of hydrogen-bond acceptors (Lipinski definition) is 3. The summed E-state index contributed by atoms with van der Waals surface area (Å²) in [5.74, 6) is 0.698. The van der Waals surface area contributed by atoms with E-state index in [1.54, 1.807) is 7.11 Å². The van der Waals surface area contributed by atoms with Gasteiger partial charge in [-0.15, -0.1) is 0 Å². The average Bonchev–Trinajstić information content (AvgIpc) is 2.46. The maximum absolute atomic E-state index is 11.8. The van der Waals surface area contributed by atoms with E-state index in [0.29, 0.717) is 6.42 Å². The van der Waals surface area contributed by atoms with Crippen LogP contribution in [-0.4, -0.2) is 18.7 Å². The Labute approximate surface area is 121 Å². The molecule has 0 radical (unpaired) electrons. The Morgan fingerprint density at radius 2 is 1.95 bits per heavy atom. The van der Waals surface area contributed by atoms with Gasteiger partial charge in [-0.1, -0.05) is 31.9 Å². The molecule has 0 aliphatic carbocycles. The Balaban J connectivity index is 2.36. The zero-order chi connectivity index (χ0) is 14.8. The molecule has 0 saturated carbocycles. The molecule has 4 nitrogen and oxygen atoms in total. The number of unbranched alkanes of at least 4 members (excludes halogenated alkanes) is 2. The summed E-state index contributed by atoms with van der Waals surface area (Å²) in [4.78, 5) is 11.8. The molecule has 1 aromatic rings. The Morgan fingerprint density at radius 1 is 1.25 bits per heavy atom. The standard InChI is InChI=1S/C16H24N2O2/c1-4-5-6-7-13(2)17-18-16(19)12-14-8-10-15(20-3)11-9-14/h8-11H,4-7,12H2,1-3H3,(H,18,19)/b17-13+. The summed E-state index contributed by atoms with van der Waals surface area (Å²) in [7, 11) is 1.62. The van der Waals surface area contributed by atoms with Gasteiger partial charge in [-0.2, -0.15) is 5.10 Å². The van der Waals surface area contributed by atoms with Crippen LogP contribution in [0.4, 0.5) is 0 Å². The van der Waals surface area contributed by atoms with Gasteiger partial charge < -0.3 is 4.74 Å². The van der Waals surface area contributed by atoms with Crippen molar-refractivity contribution in [3.63, 3.8) is 0 Å². The van der Waals surface area contributed by atoms with Crippen LogP contribution >= 0.6 is 0 Å². The minimum atomic E-state index is -0.0926. The van der Waals surface area contributed by atoms with Gasteiger partial charge in [0.05, 0.1) is 13.5 Å². The van der Waals surface area contributed by atoms with E-state index >= 15 is 0 Å². The van der Waals surface area contributed by atoms with Crippen molar-refractivity contribution < 1.29 is 9.53 Å². The molecule has 1 aromatic carbocycles. The van der Waals surface area contributed by atoms with Crippen molar-refractivity contribution in [2.45, 2.75) is 46.0 Å². The van der Waals surface area contributed by atoms with Gasteiger partial charge in [-0.3, -0.25) is 4.79 Å². The van der Waals surface area contributed by atoms with Gasteiger partial charge in [0.15, 0.2) is 0 Å². The molecule has 1 rings (SSSR count). The molecule has 110 valence electrons. The van der Waals surface area contributed by atoms with Crippen molar-refractivity contribution in [2.24, 2.45) is 5.10 Å². The Hall–Kier alpha value is -1.84. The van der Waals surface area contributed by atoms with E-state index in [1.165, 1.54) is 12.8 Å². The molecule has 0 saturated heterocycles. The number of methoxy groups -OCH3 is 1. The molecule has 0 bridgehead atoms. The van der Waals surface area contributed by atoms with Crippen LogP contribution in [0.3, 0.4) is 0 Å². The zero-order valence-corrected chi connectivity index (χ0v) is 12.6. The number of carbonyl (C=O) groups excluding carboxylic acids is 1. The molecular weight excluding hydrogens is 252 g/mol. The summed E-state index contributed by atoms with van der Waals surface area (Å²) >= 11 is 0. The highest BCUT2D eigenvalue weighted by molar-refractivity contribution is 5.85. The highest BCUT2D eigenvalue weighted by Crippen LogP contribution is 2.11. The Kier molecular flexibility index (Phi) is 7.40. The van der Waals surface area contributed by atoms with E-state index in [-0.39, 0.29) is 5.91 Å². The molecule has 0 atom stereocenters. The van der Waals surface area contributed by atoms with Crippen molar-refractivity contribution >= 4 is 11.6 Å². The van der Waals surface area contributed by atoms with Crippen LogP contribution in [0.15, 0.2) is 29.4 Å². The Bertz CT molecular complexity index is 438. The molecule has 0 fully saturated rings. The second kappa shape index (κ2) is 9.13. The first-order chi connectivity index (χ1) is 9.65. The fraction of sp³-hybridized carbons (Fsp3) is 0.500. The third-order valence-electron chi connectivity index (χ3n) is 3.04. The van der Waals surface area contributed by atoms with Gasteiger partial charge in [0.1, 0.15) is 5.75 Å². The molecule has 0 aromatic heterocycles. The number of hydrazone groups is 1. The van der Waals surface area contributed by atoms with Crippen molar-refractivity contribution in [3.8, 4) is 5.75 Å². The largest absolute Gasteiger partial charge is 0.497 e. The van der Waals surface area contributed by atoms with Crippen LogP contribution in [0.5, 0.6) is 5.75 Å². The number of rotatable bonds is 8. The number of hydrogen-bond donors (Lipinski definition) is 1. The number of nitrogens with zero attached hydrogens (tertiary/aromatic N) is 1. The number of nitrogens with one attached hydrogen (secondary N) is 1. The second-order valence-corrected chi connectivity index (χ2v) is 4.86. The summed E-state index contributed by atoms with van der Waals surface area (Å²) in [6.07, 6.45) is 4.79. The molecule has 0 spiro atoms. The highest BCUT2D eigenvalue weighted by atomic mass is 16.5. The van der Waals surface area contributed by atoms with E-state index in [4.69, 9.17) is 4.74 Å². The number of benzene rings is 1. The van der Waals surface area contributed by atoms with Gasteiger partial charge in [-0.05, 0) is 37.5 Å². The molecule has 0 aliphatic heterocycles. The maximum Gasteiger partial charge on any atom is 0.244 e. The lowest BCUT2D eigenvalue weighted by Crippen LogP contribution is -2.21. The lowest BCUT2D eigenvalue weighted by molar-refractivity contribution is -0.120. The van der Waals surface area contributed by atoms with E-state index in [9.17, 15) is 4.79 Å². The fourth-order valence-electron chi connectivity index (χ4n) is 1.81. The Morgan fingerprint density at radius 3 is 2.55 bits per heavy atom. The first kappa shape index (κ1) is 16.2. The van der Waals surface area contributed by atoms with Crippen molar-refractivity contribution in [1.29, 1.82) is 0 Å². The van der Waals surface area contributed by atoms with Crippen LogP contribution in [0, 0.1) is 0 Å². The lowest BCUT2D eigenvalue weighted by atomic mass is 10.1. The van der Waals surface area contributed by atoms with E-state index in [0.717, 1.165) is 29.9 Å². The third-order valence-corrected chi connectivity index (χ3v) is 3.04. The maximum atomic E-state index is 11.8. The SMILES string of the molecule is CCCCC/C(C)=N/NC(=O)Cc1ccc(OC)cc1. The predicted molar refractivity (Wildman–Crippen MR) is 82.1 cm³/mol. The molecule has 20 heavy (non-hydrogen) atoms. The van der Waals surface area contributed by atoms with Gasteiger partial charge in [0.25, 0.3) is 0 Å². The number of amides is 1. The fourth-order valence-corrected chi connectivity index (χ4v) is 1.81. The van der Waals surface area contributed by atoms with Crippen LogP contribution in [0.2, 0.25) is 0 Å². The molecule has 0 heterocycles. The molecule has 0 unspecified atom stereocenters. The molecule has 1 amide bonds. The van der Waals surface area contributed by atoms with E-state index < -0.39 is 0 Å². The van der Waals surface area contributed by atoms with Crippen molar-refractivity contribution in [3.05, 3.63) is 29.8 Å². The summed E-state index contributed by atoms with van der Waals surface area (Å²) in [6, 6.07) is 7.47. The third kappa shape index (κ3) is 6.36. The van der Waals surface area contributed by atoms with Gasteiger partial charge >= 0.3 is 0 Å². The van der Waals surface area contributed by atoms with E-state index in [2.05, 4.69) is 17.5 Å². The first-order valence-electron chi connectivity index (χ1n) is 7.10. The normalized spacial score (nSPS) is 11.2. The first-order valence-corrected chi connectivity index (χ1v) is 7.10. The second-order valence-electron chi connectivity index (χ2n) is 4.86. The number of ether oxygens (including phenoxy) is 1. The van der Waals surface area contributed by atoms with Gasteiger partial charge in [-0.25, -0.2) is 5.43 Å². The van der Waals surface area contributed by atoms with Crippen LogP contribution in [-0.2, 0) is 11.2 Å². The van der Waals surface area contributed by atoms with E-state index in [1.807, 2.05) is 31.2 Å². The summed E-state index contributed by atoms with van der Waals surface area (Å²) < 4.78 is 5.08. The topological polar surface area (TPSA) is 50.7 Å². The lowest BCUT2D eigenvalue weighted by Gasteiger charge is -2.04. The van der Waals surface area contributed by atoms with Crippen LogP contribution < -0.4 is 10.2 Å². The monoisotopic (exact) mass is 276 g/mol.